The van der Waals surface area contributed by atoms with Gasteiger partial charge in [0.15, 0.2) is 0 Å². The van der Waals surface area contributed by atoms with Crippen LogP contribution in [-0.2, 0) is 10.8 Å². The van der Waals surface area contributed by atoms with Gasteiger partial charge in [0.2, 0.25) is 0 Å². The predicted molar refractivity (Wildman–Crippen MR) is 47.9 cm³/mol. The van der Waals surface area contributed by atoms with Crippen LogP contribution in [0.25, 0.3) is 0 Å². The van der Waals surface area contributed by atoms with E-state index in [1.807, 2.05) is 6.07 Å². The van der Waals surface area contributed by atoms with E-state index in [1.165, 1.54) is 12.1 Å². The summed E-state index contributed by atoms with van der Waals surface area (Å²) in [5.41, 5.74) is 0. The van der Waals surface area contributed by atoms with Crippen LogP contribution in [0.3, 0.4) is 0 Å². The normalized spacial score (nSPS) is 12.0. The Morgan fingerprint density at radius 2 is 2.15 bits per heavy atom. The first-order chi connectivity index (χ1) is 6.25. The lowest BCUT2D eigenvalue weighted by Crippen LogP contribution is -1.99. The van der Waals surface area contributed by atoms with Crippen LogP contribution in [0.1, 0.15) is 6.42 Å². The molecule has 1 aromatic carbocycles. The molecule has 0 spiro atoms. The Hall–Kier alpha value is -1.21. The molecule has 0 aliphatic carbocycles. The molecule has 68 valence electrons. The van der Waals surface area contributed by atoms with Gasteiger partial charge in [0.05, 0.1) is 21.8 Å². The summed E-state index contributed by atoms with van der Waals surface area (Å²) in [5.74, 6) is -0.281. The molecule has 0 radical (unpaired) electrons. The highest BCUT2D eigenvalue weighted by Crippen LogP contribution is 2.11. The van der Waals surface area contributed by atoms with Crippen LogP contribution < -0.4 is 0 Å². The molecule has 13 heavy (non-hydrogen) atoms. The second-order valence-electron chi connectivity index (χ2n) is 2.39. The maximum atomic E-state index is 13.0. The molecule has 0 fully saturated rings. The smallest absolute Gasteiger partial charge is 0.139 e. The number of hydrogen-bond donors (Lipinski definition) is 0. The maximum absolute atomic E-state index is 13.0. The lowest BCUT2D eigenvalue weighted by molar-refractivity contribution is 0.595. The van der Waals surface area contributed by atoms with E-state index in [0.717, 1.165) is 0 Å². The van der Waals surface area contributed by atoms with E-state index < -0.39 is 16.6 Å². The fraction of sp³-hybridized carbons (Fsp3) is 0.222. The van der Waals surface area contributed by atoms with Crippen molar-refractivity contribution >= 4 is 10.8 Å². The van der Waals surface area contributed by atoms with Crippen molar-refractivity contribution in [3.8, 4) is 6.07 Å². The highest BCUT2D eigenvalue weighted by atomic mass is 32.2. The molecule has 0 saturated carbocycles. The number of halogens is 1. The van der Waals surface area contributed by atoms with E-state index in [4.69, 9.17) is 5.26 Å². The first kappa shape index (κ1) is 9.87. The van der Waals surface area contributed by atoms with Crippen molar-refractivity contribution in [3.05, 3.63) is 30.1 Å². The molecule has 0 heterocycles. The van der Waals surface area contributed by atoms with Gasteiger partial charge in [-0.1, -0.05) is 12.1 Å². The van der Waals surface area contributed by atoms with Crippen LogP contribution >= 0.6 is 0 Å². The lowest BCUT2D eigenvalue weighted by Gasteiger charge is -1.99. The van der Waals surface area contributed by atoms with Gasteiger partial charge in [-0.2, -0.15) is 5.26 Å². The first-order valence-electron chi connectivity index (χ1n) is 3.75. The molecule has 4 heteroatoms. The van der Waals surface area contributed by atoms with Crippen LogP contribution in [-0.4, -0.2) is 9.96 Å². The highest BCUT2D eigenvalue weighted by molar-refractivity contribution is 7.85. The Bertz CT molecular complexity index is 359. The van der Waals surface area contributed by atoms with E-state index in [0.29, 0.717) is 0 Å². The molecular weight excluding hydrogens is 189 g/mol. The summed E-state index contributed by atoms with van der Waals surface area (Å²) < 4.78 is 24.3. The van der Waals surface area contributed by atoms with Crippen LogP contribution in [0.2, 0.25) is 0 Å². The standard InChI is InChI=1S/C9H8FNOS/c10-8-4-1-2-5-9(8)13(12)7-3-6-11/h1-2,4-5H,3,7H2. The number of benzene rings is 1. The van der Waals surface area contributed by atoms with Crippen molar-refractivity contribution in [2.75, 3.05) is 5.75 Å². The van der Waals surface area contributed by atoms with Gasteiger partial charge in [0.1, 0.15) is 5.82 Å². The molecule has 0 saturated heterocycles. The topological polar surface area (TPSA) is 40.9 Å². The van der Waals surface area contributed by atoms with Crippen molar-refractivity contribution in [2.45, 2.75) is 11.3 Å². The van der Waals surface area contributed by atoms with Crippen molar-refractivity contribution in [1.29, 1.82) is 5.26 Å². The number of nitriles is 1. The quantitative estimate of drug-likeness (QED) is 0.742. The minimum atomic E-state index is -1.39. The summed E-state index contributed by atoms with van der Waals surface area (Å²) in [6, 6.07) is 7.78. The van der Waals surface area contributed by atoms with Crippen molar-refractivity contribution < 1.29 is 8.60 Å². The Labute approximate surface area is 78.5 Å². The average Bonchev–Trinajstić information content (AvgIpc) is 2.15. The molecule has 1 rings (SSSR count). The van der Waals surface area contributed by atoms with Crippen LogP contribution in [0.5, 0.6) is 0 Å². The number of nitrogens with zero attached hydrogens (tertiary/aromatic N) is 1. The molecule has 1 atom stereocenters. The Balaban J connectivity index is 2.78. The van der Waals surface area contributed by atoms with Crippen molar-refractivity contribution in [2.24, 2.45) is 0 Å². The second kappa shape index (κ2) is 4.73. The van der Waals surface area contributed by atoms with Crippen LogP contribution in [0.4, 0.5) is 4.39 Å². The van der Waals surface area contributed by atoms with Gasteiger partial charge < -0.3 is 0 Å². The second-order valence-corrected chi connectivity index (χ2v) is 3.93. The third kappa shape index (κ3) is 2.63. The summed E-state index contributed by atoms with van der Waals surface area (Å²) >= 11 is 0. The van der Waals surface area contributed by atoms with Crippen LogP contribution in [0.15, 0.2) is 29.2 Å². The van der Waals surface area contributed by atoms with Gasteiger partial charge in [-0.05, 0) is 12.1 Å². The predicted octanol–water partition coefficient (Wildman–Crippen LogP) is 1.85. The summed E-state index contributed by atoms with van der Waals surface area (Å²) in [7, 11) is -1.39. The third-order valence-electron chi connectivity index (χ3n) is 1.48. The van der Waals surface area contributed by atoms with Gasteiger partial charge in [0, 0.05) is 12.2 Å². The molecular formula is C9H8FNOS. The monoisotopic (exact) mass is 197 g/mol. The molecule has 1 aromatic rings. The minimum absolute atomic E-state index is 0.178. The molecule has 0 bridgehead atoms. The molecule has 0 aliphatic heterocycles. The van der Waals surface area contributed by atoms with Gasteiger partial charge in [-0.3, -0.25) is 4.21 Å². The van der Waals surface area contributed by atoms with Gasteiger partial charge in [-0.15, -0.1) is 0 Å². The molecule has 0 aliphatic rings. The van der Waals surface area contributed by atoms with Gasteiger partial charge in [0.25, 0.3) is 0 Å². The molecule has 0 N–H and O–H groups in total. The third-order valence-corrected chi connectivity index (χ3v) is 2.88. The van der Waals surface area contributed by atoms with E-state index in [1.54, 1.807) is 12.1 Å². The molecule has 0 aromatic heterocycles. The van der Waals surface area contributed by atoms with E-state index >= 15 is 0 Å². The summed E-state index contributed by atoms with van der Waals surface area (Å²) in [5, 5.41) is 8.25. The average molecular weight is 197 g/mol. The van der Waals surface area contributed by atoms with E-state index in [9.17, 15) is 8.60 Å². The fourth-order valence-electron chi connectivity index (χ4n) is 0.878. The van der Waals surface area contributed by atoms with Crippen LogP contribution in [0, 0.1) is 17.1 Å². The minimum Gasteiger partial charge on any atom is -0.254 e. The summed E-state index contributed by atoms with van der Waals surface area (Å²) in [6.07, 6.45) is 0.181. The van der Waals surface area contributed by atoms with E-state index in [-0.39, 0.29) is 17.1 Å². The SMILES string of the molecule is N#CCCS(=O)c1ccccc1F. The zero-order valence-corrected chi connectivity index (χ0v) is 7.68. The lowest BCUT2D eigenvalue weighted by atomic mass is 10.3. The van der Waals surface area contributed by atoms with Gasteiger partial charge in [-0.25, -0.2) is 4.39 Å². The van der Waals surface area contributed by atoms with Crippen molar-refractivity contribution in [1.82, 2.24) is 0 Å². The Morgan fingerprint density at radius 1 is 1.46 bits per heavy atom. The van der Waals surface area contributed by atoms with E-state index in [2.05, 4.69) is 0 Å². The molecule has 1 unspecified atom stereocenters. The molecule has 0 amide bonds. The largest absolute Gasteiger partial charge is 0.254 e. The summed E-state index contributed by atoms with van der Waals surface area (Å²) in [6.45, 7) is 0. The number of hydrogen-bond acceptors (Lipinski definition) is 2. The zero-order valence-electron chi connectivity index (χ0n) is 6.87. The summed E-state index contributed by atoms with van der Waals surface area (Å²) in [4.78, 5) is 0.178. The molecule has 2 nitrogen and oxygen atoms in total. The maximum Gasteiger partial charge on any atom is 0.139 e. The number of rotatable bonds is 3. The van der Waals surface area contributed by atoms with Crippen molar-refractivity contribution in [3.63, 3.8) is 0 Å². The zero-order chi connectivity index (χ0) is 9.68. The highest BCUT2D eigenvalue weighted by Gasteiger charge is 2.07. The Morgan fingerprint density at radius 3 is 2.77 bits per heavy atom. The Kier molecular flexibility index (Phi) is 3.59. The first-order valence-corrected chi connectivity index (χ1v) is 5.07. The fourth-order valence-corrected chi connectivity index (χ4v) is 1.89. The van der Waals surface area contributed by atoms with Gasteiger partial charge >= 0.3 is 0 Å².